The van der Waals surface area contributed by atoms with E-state index in [1.165, 1.54) is 12.0 Å². The monoisotopic (exact) mass is 315 g/mol. The van der Waals surface area contributed by atoms with E-state index in [2.05, 4.69) is 38.1 Å². The summed E-state index contributed by atoms with van der Waals surface area (Å²) in [7, 11) is 0. The molecule has 1 aromatic carbocycles. The number of carbonyl (C=O) groups excluding carboxylic acids is 2. The molecular weight excluding hydrogens is 286 g/mol. The Kier molecular flexibility index (Phi) is 5.97. The summed E-state index contributed by atoms with van der Waals surface area (Å²) in [4.78, 5) is 26.1. The Labute approximate surface area is 140 Å². The number of amides is 1. The molecule has 0 N–H and O–H groups in total. The maximum atomic E-state index is 12.2. The van der Waals surface area contributed by atoms with Crippen molar-refractivity contribution < 1.29 is 9.59 Å². The first-order valence-corrected chi connectivity index (χ1v) is 8.76. The van der Waals surface area contributed by atoms with Crippen molar-refractivity contribution in [3.63, 3.8) is 0 Å². The second-order valence-corrected chi connectivity index (χ2v) is 7.48. The average Bonchev–Trinajstić information content (AvgIpc) is 2.85. The number of ketones is 1. The summed E-state index contributed by atoms with van der Waals surface area (Å²) in [6.45, 7) is 9.49. The number of likely N-dealkylation sites (tertiary alicyclic amines) is 1. The molecule has 126 valence electrons. The van der Waals surface area contributed by atoms with Crippen LogP contribution in [0.25, 0.3) is 0 Å². The number of hydrogen-bond acceptors (Lipinski definition) is 2. The van der Waals surface area contributed by atoms with Gasteiger partial charge in [0.15, 0.2) is 0 Å². The SMILES string of the molecule is CC(C)CCc1cccc(CN2CC(C(=O)C(C)C)CC2=O)c1. The van der Waals surface area contributed by atoms with Crippen molar-refractivity contribution in [3.05, 3.63) is 35.4 Å². The molecule has 1 heterocycles. The number of hydrogen-bond donors (Lipinski definition) is 0. The minimum absolute atomic E-state index is 0.00658. The molecule has 0 radical (unpaired) electrons. The number of benzene rings is 1. The zero-order chi connectivity index (χ0) is 17.0. The lowest BCUT2D eigenvalue weighted by Gasteiger charge is -2.17. The highest BCUT2D eigenvalue weighted by Crippen LogP contribution is 2.24. The van der Waals surface area contributed by atoms with Crippen LogP contribution in [0.4, 0.5) is 0 Å². The van der Waals surface area contributed by atoms with Gasteiger partial charge in [-0.15, -0.1) is 0 Å². The van der Waals surface area contributed by atoms with Gasteiger partial charge in [0.25, 0.3) is 0 Å². The van der Waals surface area contributed by atoms with Crippen LogP contribution in [0.1, 0.15) is 51.7 Å². The lowest BCUT2D eigenvalue weighted by molar-refractivity contribution is -0.129. The van der Waals surface area contributed by atoms with Gasteiger partial charge in [-0.3, -0.25) is 9.59 Å². The topological polar surface area (TPSA) is 37.4 Å². The third-order valence-corrected chi connectivity index (χ3v) is 4.56. The van der Waals surface area contributed by atoms with Crippen LogP contribution < -0.4 is 0 Å². The molecule has 0 aromatic heterocycles. The fourth-order valence-electron chi connectivity index (χ4n) is 3.15. The summed E-state index contributed by atoms with van der Waals surface area (Å²) < 4.78 is 0. The predicted octanol–water partition coefficient (Wildman–Crippen LogP) is 3.85. The van der Waals surface area contributed by atoms with Crippen LogP contribution in [0.5, 0.6) is 0 Å². The molecule has 0 saturated carbocycles. The van der Waals surface area contributed by atoms with Gasteiger partial charge in [0.1, 0.15) is 5.78 Å². The molecule has 1 unspecified atom stereocenters. The highest BCUT2D eigenvalue weighted by atomic mass is 16.2. The molecule has 1 atom stereocenters. The van der Waals surface area contributed by atoms with E-state index in [0.717, 1.165) is 12.0 Å². The molecule has 0 bridgehead atoms. The minimum Gasteiger partial charge on any atom is -0.338 e. The molecule has 2 rings (SSSR count). The summed E-state index contributed by atoms with van der Waals surface area (Å²) in [5.74, 6) is 0.906. The summed E-state index contributed by atoms with van der Waals surface area (Å²) in [6, 6.07) is 8.50. The smallest absolute Gasteiger partial charge is 0.223 e. The van der Waals surface area contributed by atoms with Gasteiger partial charge in [-0.1, -0.05) is 52.0 Å². The zero-order valence-electron chi connectivity index (χ0n) is 14.8. The Hall–Kier alpha value is -1.64. The Morgan fingerprint density at radius 2 is 1.91 bits per heavy atom. The van der Waals surface area contributed by atoms with E-state index in [1.54, 1.807) is 0 Å². The normalized spacial score (nSPS) is 18.3. The zero-order valence-corrected chi connectivity index (χ0v) is 14.8. The van der Waals surface area contributed by atoms with Gasteiger partial charge in [0.05, 0.1) is 0 Å². The molecule has 1 aliphatic rings. The number of Topliss-reactive ketones (excluding diaryl/α,β-unsaturated/α-hetero) is 1. The molecule has 23 heavy (non-hydrogen) atoms. The van der Waals surface area contributed by atoms with E-state index in [0.29, 0.717) is 25.4 Å². The predicted molar refractivity (Wildman–Crippen MR) is 93.0 cm³/mol. The minimum atomic E-state index is -0.119. The van der Waals surface area contributed by atoms with Crippen LogP contribution in [0.3, 0.4) is 0 Å². The van der Waals surface area contributed by atoms with Crippen molar-refractivity contribution >= 4 is 11.7 Å². The van der Waals surface area contributed by atoms with Gasteiger partial charge in [-0.05, 0) is 29.9 Å². The van der Waals surface area contributed by atoms with Crippen molar-refractivity contribution in [2.75, 3.05) is 6.54 Å². The first kappa shape index (κ1) is 17.7. The molecule has 1 amide bonds. The Bertz CT molecular complexity index is 563. The van der Waals surface area contributed by atoms with Crippen molar-refractivity contribution in [1.29, 1.82) is 0 Å². The van der Waals surface area contributed by atoms with Gasteiger partial charge in [0, 0.05) is 31.3 Å². The van der Waals surface area contributed by atoms with Crippen molar-refractivity contribution in [1.82, 2.24) is 4.90 Å². The second-order valence-electron chi connectivity index (χ2n) is 7.48. The number of nitrogens with zero attached hydrogens (tertiary/aromatic N) is 1. The lowest BCUT2D eigenvalue weighted by atomic mass is 9.95. The molecule has 1 aliphatic heterocycles. The van der Waals surface area contributed by atoms with Gasteiger partial charge in [-0.2, -0.15) is 0 Å². The summed E-state index contributed by atoms with van der Waals surface area (Å²) in [5.41, 5.74) is 2.50. The molecule has 1 aromatic rings. The van der Waals surface area contributed by atoms with Crippen molar-refractivity contribution in [2.45, 2.75) is 53.5 Å². The molecule has 0 aliphatic carbocycles. The fraction of sp³-hybridized carbons (Fsp3) is 0.600. The first-order valence-electron chi connectivity index (χ1n) is 8.76. The van der Waals surface area contributed by atoms with Crippen LogP contribution in [0.15, 0.2) is 24.3 Å². The maximum Gasteiger partial charge on any atom is 0.223 e. The Morgan fingerprint density at radius 3 is 2.57 bits per heavy atom. The Balaban J connectivity index is 1.98. The molecule has 3 nitrogen and oxygen atoms in total. The fourth-order valence-corrected chi connectivity index (χ4v) is 3.15. The number of rotatable bonds is 7. The molecule has 3 heteroatoms. The van der Waals surface area contributed by atoms with Crippen LogP contribution in [-0.2, 0) is 22.6 Å². The van der Waals surface area contributed by atoms with E-state index in [4.69, 9.17) is 0 Å². The highest BCUT2D eigenvalue weighted by Gasteiger charge is 2.34. The maximum absolute atomic E-state index is 12.2. The molecule has 1 saturated heterocycles. The van der Waals surface area contributed by atoms with Gasteiger partial charge in [0.2, 0.25) is 5.91 Å². The molecule has 0 spiro atoms. The number of aryl methyl sites for hydroxylation is 1. The van der Waals surface area contributed by atoms with Crippen LogP contribution in [-0.4, -0.2) is 23.1 Å². The van der Waals surface area contributed by atoms with E-state index in [1.807, 2.05) is 18.7 Å². The van der Waals surface area contributed by atoms with E-state index in [9.17, 15) is 9.59 Å². The molecular formula is C20H29NO2. The van der Waals surface area contributed by atoms with Crippen LogP contribution >= 0.6 is 0 Å². The average molecular weight is 315 g/mol. The standard InChI is InChI=1S/C20H29NO2/c1-14(2)8-9-16-6-5-7-17(10-16)12-21-13-18(11-19(21)22)20(23)15(3)4/h5-7,10,14-15,18H,8-9,11-13H2,1-4H3. The van der Waals surface area contributed by atoms with E-state index in [-0.39, 0.29) is 23.5 Å². The summed E-state index contributed by atoms with van der Waals surface area (Å²) in [5, 5.41) is 0. The number of carbonyl (C=O) groups is 2. The molecule has 1 fully saturated rings. The van der Waals surface area contributed by atoms with Crippen LogP contribution in [0, 0.1) is 17.8 Å². The van der Waals surface area contributed by atoms with Gasteiger partial charge < -0.3 is 4.90 Å². The summed E-state index contributed by atoms with van der Waals surface area (Å²) >= 11 is 0. The first-order chi connectivity index (χ1) is 10.9. The van der Waals surface area contributed by atoms with E-state index >= 15 is 0 Å². The van der Waals surface area contributed by atoms with Crippen LogP contribution in [0.2, 0.25) is 0 Å². The Morgan fingerprint density at radius 1 is 1.22 bits per heavy atom. The van der Waals surface area contributed by atoms with Gasteiger partial charge in [-0.25, -0.2) is 0 Å². The van der Waals surface area contributed by atoms with Crippen molar-refractivity contribution in [2.24, 2.45) is 17.8 Å². The quantitative estimate of drug-likeness (QED) is 0.766. The van der Waals surface area contributed by atoms with Gasteiger partial charge >= 0.3 is 0 Å². The van der Waals surface area contributed by atoms with E-state index < -0.39 is 0 Å². The largest absolute Gasteiger partial charge is 0.338 e. The van der Waals surface area contributed by atoms with Crippen molar-refractivity contribution in [3.8, 4) is 0 Å². The third kappa shape index (κ3) is 4.92. The summed E-state index contributed by atoms with van der Waals surface area (Å²) in [6.07, 6.45) is 2.63. The third-order valence-electron chi connectivity index (χ3n) is 4.56. The lowest BCUT2D eigenvalue weighted by Crippen LogP contribution is -2.27. The highest BCUT2D eigenvalue weighted by molar-refractivity contribution is 5.91. The second kappa shape index (κ2) is 7.76.